The Morgan fingerprint density at radius 3 is 2.14 bits per heavy atom. The Morgan fingerprint density at radius 2 is 1.50 bits per heavy atom. The molecule has 1 aromatic heterocycles. The van der Waals surface area contributed by atoms with E-state index in [9.17, 15) is 4.79 Å². The first-order valence-corrected chi connectivity index (χ1v) is 6.84. The minimum Gasteiger partial charge on any atom is -0.486 e. The van der Waals surface area contributed by atoms with Crippen LogP contribution in [0.4, 0.5) is 0 Å². The van der Waals surface area contributed by atoms with E-state index in [1.807, 2.05) is 48.5 Å². The van der Waals surface area contributed by atoms with Gasteiger partial charge in [0.15, 0.2) is 0 Å². The van der Waals surface area contributed by atoms with E-state index in [-0.39, 0.29) is 17.8 Å². The summed E-state index contributed by atoms with van der Waals surface area (Å²) >= 11 is 0. The number of hydrogen-bond donors (Lipinski definition) is 0. The SMILES string of the molecule is O=c1cc(COc2ccccc2)occ1Oc1ccccc1. The average molecular weight is 294 g/mol. The molecule has 0 aliphatic rings. The van der Waals surface area contributed by atoms with Crippen LogP contribution in [0.1, 0.15) is 5.76 Å². The van der Waals surface area contributed by atoms with Crippen LogP contribution in [-0.4, -0.2) is 0 Å². The zero-order valence-corrected chi connectivity index (χ0v) is 11.8. The molecule has 0 fully saturated rings. The van der Waals surface area contributed by atoms with E-state index in [1.165, 1.54) is 12.3 Å². The van der Waals surface area contributed by atoms with Gasteiger partial charge >= 0.3 is 0 Å². The Hall–Kier alpha value is -3.01. The van der Waals surface area contributed by atoms with Crippen molar-refractivity contribution in [1.82, 2.24) is 0 Å². The summed E-state index contributed by atoms with van der Waals surface area (Å²) in [7, 11) is 0. The number of ether oxygens (including phenoxy) is 2. The van der Waals surface area contributed by atoms with Gasteiger partial charge in [0, 0.05) is 6.07 Å². The highest BCUT2D eigenvalue weighted by Crippen LogP contribution is 2.18. The Bertz CT molecular complexity index is 779. The summed E-state index contributed by atoms with van der Waals surface area (Å²) in [6.07, 6.45) is 1.30. The van der Waals surface area contributed by atoms with E-state index in [0.29, 0.717) is 11.5 Å². The van der Waals surface area contributed by atoms with Crippen molar-refractivity contribution in [3.8, 4) is 17.2 Å². The van der Waals surface area contributed by atoms with Gasteiger partial charge in [-0.15, -0.1) is 0 Å². The molecular weight excluding hydrogens is 280 g/mol. The molecule has 0 N–H and O–H groups in total. The van der Waals surface area contributed by atoms with Crippen molar-refractivity contribution in [2.75, 3.05) is 0 Å². The molecule has 0 bridgehead atoms. The molecule has 0 radical (unpaired) electrons. The molecule has 0 saturated carbocycles. The summed E-state index contributed by atoms with van der Waals surface area (Å²) in [5.41, 5.74) is -0.248. The maximum Gasteiger partial charge on any atom is 0.227 e. The molecule has 0 unspecified atom stereocenters. The van der Waals surface area contributed by atoms with Gasteiger partial charge in [0.25, 0.3) is 0 Å². The van der Waals surface area contributed by atoms with Crippen molar-refractivity contribution in [3.63, 3.8) is 0 Å². The third-order valence-electron chi connectivity index (χ3n) is 2.95. The summed E-state index contributed by atoms with van der Waals surface area (Å²) in [6, 6.07) is 19.8. The predicted molar refractivity (Wildman–Crippen MR) is 82.3 cm³/mol. The molecule has 110 valence electrons. The van der Waals surface area contributed by atoms with E-state index in [1.54, 1.807) is 12.1 Å². The smallest absolute Gasteiger partial charge is 0.227 e. The fourth-order valence-corrected chi connectivity index (χ4v) is 1.88. The molecule has 22 heavy (non-hydrogen) atoms. The first-order chi connectivity index (χ1) is 10.8. The third-order valence-corrected chi connectivity index (χ3v) is 2.95. The minimum atomic E-state index is -0.248. The van der Waals surface area contributed by atoms with Gasteiger partial charge in [0.2, 0.25) is 11.2 Å². The molecule has 4 heteroatoms. The summed E-state index contributed by atoms with van der Waals surface area (Å²) in [6.45, 7) is 0.185. The van der Waals surface area contributed by atoms with Crippen LogP contribution in [0.5, 0.6) is 17.2 Å². The Kier molecular flexibility index (Phi) is 4.20. The van der Waals surface area contributed by atoms with E-state index in [2.05, 4.69) is 0 Å². The topological polar surface area (TPSA) is 48.7 Å². The monoisotopic (exact) mass is 294 g/mol. The third kappa shape index (κ3) is 3.55. The standard InChI is InChI=1S/C18H14O4/c19-17-11-16(12-20-14-7-3-1-4-8-14)21-13-18(17)22-15-9-5-2-6-10-15/h1-11,13H,12H2. The van der Waals surface area contributed by atoms with Gasteiger partial charge in [-0.3, -0.25) is 4.79 Å². The summed E-state index contributed by atoms with van der Waals surface area (Å²) < 4.78 is 16.4. The molecule has 0 amide bonds. The molecule has 0 atom stereocenters. The fourth-order valence-electron chi connectivity index (χ4n) is 1.88. The van der Waals surface area contributed by atoms with Crippen molar-refractivity contribution < 1.29 is 13.9 Å². The molecule has 0 spiro atoms. The first kappa shape index (κ1) is 13.9. The number of benzene rings is 2. The van der Waals surface area contributed by atoms with E-state index >= 15 is 0 Å². The maximum absolute atomic E-state index is 12.0. The lowest BCUT2D eigenvalue weighted by Crippen LogP contribution is -2.06. The van der Waals surface area contributed by atoms with Crippen LogP contribution < -0.4 is 14.9 Å². The quantitative estimate of drug-likeness (QED) is 0.713. The second-order valence-electron chi connectivity index (χ2n) is 4.59. The van der Waals surface area contributed by atoms with Crippen LogP contribution in [0.2, 0.25) is 0 Å². The van der Waals surface area contributed by atoms with Gasteiger partial charge in [0.05, 0.1) is 0 Å². The summed E-state index contributed by atoms with van der Waals surface area (Å²) in [4.78, 5) is 12.0. The predicted octanol–water partition coefficient (Wildman–Crippen LogP) is 4.01. The molecule has 2 aromatic carbocycles. The lowest BCUT2D eigenvalue weighted by molar-refractivity contribution is 0.264. The van der Waals surface area contributed by atoms with Crippen LogP contribution in [0, 0.1) is 0 Å². The number of rotatable bonds is 5. The normalized spacial score (nSPS) is 10.2. The van der Waals surface area contributed by atoms with Gasteiger partial charge in [-0.05, 0) is 24.3 Å². The Morgan fingerprint density at radius 1 is 0.864 bits per heavy atom. The van der Waals surface area contributed by atoms with Crippen molar-refractivity contribution in [1.29, 1.82) is 0 Å². The Balaban J connectivity index is 1.68. The highest BCUT2D eigenvalue weighted by Gasteiger charge is 2.06. The van der Waals surface area contributed by atoms with Crippen molar-refractivity contribution in [3.05, 3.63) is 89.0 Å². The largest absolute Gasteiger partial charge is 0.486 e. The van der Waals surface area contributed by atoms with Crippen molar-refractivity contribution in [2.45, 2.75) is 6.61 Å². The lowest BCUT2D eigenvalue weighted by atomic mass is 10.3. The molecule has 0 aliphatic carbocycles. The van der Waals surface area contributed by atoms with Crippen LogP contribution in [0.3, 0.4) is 0 Å². The lowest BCUT2D eigenvalue weighted by Gasteiger charge is -2.07. The van der Waals surface area contributed by atoms with E-state index in [4.69, 9.17) is 13.9 Å². The zero-order chi connectivity index (χ0) is 15.2. The average Bonchev–Trinajstić information content (AvgIpc) is 2.57. The van der Waals surface area contributed by atoms with E-state index < -0.39 is 0 Å². The molecular formula is C18H14O4. The summed E-state index contributed by atoms with van der Waals surface area (Å²) in [5, 5.41) is 0. The van der Waals surface area contributed by atoms with Crippen molar-refractivity contribution in [2.24, 2.45) is 0 Å². The van der Waals surface area contributed by atoms with E-state index in [0.717, 1.165) is 5.75 Å². The van der Waals surface area contributed by atoms with Gasteiger partial charge in [-0.25, -0.2) is 0 Å². The van der Waals surface area contributed by atoms with Crippen LogP contribution in [-0.2, 0) is 6.61 Å². The maximum atomic E-state index is 12.0. The molecule has 4 nitrogen and oxygen atoms in total. The van der Waals surface area contributed by atoms with Crippen LogP contribution in [0.25, 0.3) is 0 Å². The van der Waals surface area contributed by atoms with Gasteiger partial charge in [-0.1, -0.05) is 36.4 Å². The summed E-state index contributed by atoms with van der Waals surface area (Å²) in [5.74, 6) is 1.89. The molecule has 3 rings (SSSR count). The number of para-hydroxylation sites is 2. The number of hydrogen-bond acceptors (Lipinski definition) is 4. The van der Waals surface area contributed by atoms with Gasteiger partial charge in [-0.2, -0.15) is 0 Å². The van der Waals surface area contributed by atoms with Gasteiger partial charge < -0.3 is 13.9 Å². The highest BCUT2D eigenvalue weighted by molar-refractivity contribution is 5.29. The van der Waals surface area contributed by atoms with Crippen molar-refractivity contribution >= 4 is 0 Å². The molecule has 1 heterocycles. The second kappa shape index (κ2) is 6.63. The Labute approximate surface area is 127 Å². The highest BCUT2D eigenvalue weighted by atomic mass is 16.5. The zero-order valence-electron chi connectivity index (χ0n) is 11.8. The van der Waals surface area contributed by atoms with Crippen LogP contribution in [0.15, 0.2) is 82.2 Å². The minimum absolute atomic E-state index is 0.148. The molecule has 3 aromatic rings. The molecule has 0 saturated heterocycles. The second-order valence-corrected chi connectivity index (χ2v) is 4.59. The van der Waals surface area contributed by atoms with Crippen LogP contribution >= 0.6 is 0 Å². The van der Waals surface area contributed by atoms with Gasteiger partial charge in [0.1, 0.15) is 30.1 Å². The first-order valence-electron chi connectivity index (χ1n) is 6.84. The molecule has 0 aliphatic heterocycles. The fraction of sp³-hybridized carbons (Fsp3) is 0.0556.